The molecule has 0 amide bonds. The van der Waals surface area contributed by atoms with E-state index < -0.39 is 11.8 Å². The van der Waals surface area contributed by atoms with Crippen LogP contribution in [0.4, 0.5) is 4.39 Å². The number of nitrogens with zero attached hydrogens (tertiary/aromatic N) is 1. The van der Waals surface area contributed by atoms with Crippen molar-refractivity contribution in [2.45, 2.75) is 57.8 Å². The van der Waals surface area contributed by atoms with E-state index in [9.17, 15) is 9.90 Å². The van der Waals surface area contributed by atoms with Gasteiger partial charge in [-0.25, -0.2) is 9.18 Å². The van der Waals surface area contributed by atoms with E-state index in [1.54, 1.807) is 30.3 Å². The molecule has 0 saturated heterocycles. The molecule has 2 aromatic carbocycles. The van der Waals surface area contributed by atoms with Crippen LogP contribution in [0.15, 0.2) is 36.4 Å². The molecule has 0 aromatic heterocycles. The molecule has 1 N–H and O–H groups in total. The second-order valence-corrected chi connectivity index (χ2v) is 7.75. The van der Waals surface area contributed by atoms with Crippen LogP contribution in [0.1, 0.15) is 79.3 Å². The Morgan fingerprint density at radius 1 is 1.14 bits per heavy atom. The summed E-state index contributed by atoms with van der Waals surface area (Å²) >= 11 is 0. The van der Waals surface area contributed by atoms with Gasteiger partial charge in [0.15, 0.2) is 0 Å². The fourth-order valence-corrected chi connectivity index (χ4v) is 4.33. The van der Waals surface area contributed by atoms with Crippen LogP contribution in [0.3, 0.4) is 0 Å². The highest BCUT2D eigenvalue weighted by atomic mass is 19.1. The average Bonchev–Trinajstić information content (AvgIpc) is 2.72. The van der Waals surface area contributed by atoms with Crippen molar-refractivity contribution in [3.05, 3.63) is 58.9 Å². The first-order valence-electron chi connectivity index (χ1n) is 10.1. The number of benzene rings is 2. The van der Waals surface area contributed by atoms with Gasteiger partial charge in [-0.2, -0.15) is 5.26 Å². The number of hydrogen-bond donors (Lipinski definition) is 1. The molecule has 1 aliphatic carbocycles. The van der Waals surface area contributed by atoms with Gasteiger partial charge >= 0.3 is 5.97 Å². The van der Waals surface area contributed by atoms with Crippen LogP contribution in [-0.4, -0.2) is 11.1 Å². The molecule has 0 bridgehead atoms. The van der Waals surface area contributed by atoms with E-state index >= 15 is 4.39 Å². The molecule has 3 rings (SSSR count). The van der Waals surface area contributed by atoms with Crippen LogP contribution < -0.4 is 0 Å². The van der Waals surface area contributed by atoms with Crippen LogP contribution in [0, 0.1) is 23.1 Å². The number of rotatable bonds is 6. The molecule has 3 nitrogen and oxygen atoms in total. The molecule has 0 unspecified atom stereocenters. The summed E-state index contributed by atoms with van der Waals surface area (Å²) in [5.74, 6) is -0.705. The van der Waals surface area contributed by atoms with E-state index in [0.717, 1.165) is 31.6 Å². The molecule has 0 atom stereocenters. The third-order valence-corrected chi connectivity index (χ3v) is 5.96. The third kappa shape index (κ3) is 4.25. The lowest BCUT2D eigenvalue weighted by Crippen LogP contribution is -2.15. The topological polar surface area (TPSA) is 61.1 Å². The van der Waals surface area contributed by atoms with Gasteiger partial charge in [0, 0.05) is 5.56 Å². The van der Waals surface area contributed by atoms with E-state index in [2.05, 4.69) is 6.92 Å². The number of nitriles is 1. The maximum atomic E-state index is 15.5. The molecule has 1 saturated carbocycles. The SMILES string of the molecule is CCCCC1CCC(c2ccc(C(=O)O)c(-c3ccc(C#N)cc3)c2F)CC1. The molecule has 146 valence electrons. The second-order valence-electron chi connectivity index (χ2n) is 7.75. The highest BCUT2D eigenvalue weighted by molar-refractivity contribution is 5.96. The van der Waals surface area contributed by atoms with Gasteiger partial charge in [0.2, 0.25) is 0 Å². The summed E-state index contributed by atoms with van der Waals surface area (Å²) in [6.07, 6.45) is 7.82. The van der Waals surface area contributed by atoms with E-state index in [1.807, 2.05) is 6.07 Å². The Morgan fingerprint density at radius 2 is 1.82 bits per heavy atom. The lowest BCUT2D eigenvalue weighted by atomic mass is 9.76. The van der Waals surface area contributed by atoms with E-state index in [-0.39, 0.29) is 17.0 Å². The Bertz CT molecular complexity index is 875. The Kier molecular flexibility index (Phi) is 6.46. The fraction of sp³-hybridized carbons (Fsp3) is 0.417. The largest absolute Gasteiger partial charge is 0.478 e. The standard InChI is InChI=1S/C24H26FNO2/c1-2-3-4-16-5-9-18(10-6-16)20-13-14-21(24(27)28)22(23(20)25)19-11-7-17(15-26)8-12-19/h7-8,11-14,16,18H,2-6,9-10H2,1H3,(H,27,28). The highest BCUT2D eigenvalue weighted by Gasteiger charge is 2.27. The first-order chi connectivity index (χ1) is 13.5. The zero-order chi connectivity index (χ0) is 20.1. The summed E-state index contributed by atoms with van der Waals surface area (Å²) in [6, 6.07) is 11.6. The van der Waals surface area contributed by atoms with Crippen molar-refractivity contribution in [3.8, 4) is 17.2 Å². The molecule has 0 radical (unpaired) electrons. The molecule has 0 aliphatic heterocycles. The van der Waals surface area contributed by atoms with E-state index in [1.165, 1.54) is 25.3 Å². The average molecular weight is 379 g/mol. The Labute approximate surface area is 165 Å². The summed E-state index contributed by atoms with van der Waals surface area (Å²) < 4.78 is 15.5. The van der Waals surface area contributed by atoms with Crippen molar-refractivity contribution in [3.63, 3.8) is 0 Å². The lowest BCUT2D eigenvalue weighted by Gasteiger charge is -2.29. The van der Waals surface area contributed by atoms with Crippen LogP contribution in [-0.2, 0) is 0 Å². The molecule has 4 heteroatoms. The van der Waals surface area contributed by atoms with Gasteiger partial charge in [-0.05, 0) is 66.8 Å². The maximum absolute atomic E-state index is 15.5. The quantitative estimate of drug-likeness (QED) is 0.621. The fourth-order valence-electron chi connectivity index (χ4n) is 4.33. The van der Waals surface area contributed by atoms with Crippen molar-refractivity contribution in [1.82, 2.24) is 0 Å². The van der Waals surface area contributed by atoms with Crippen molar-refractivity contribution < 1.29 is 14.3 Å². The first kappa shape index (κ1) is 20.1. The first-order valence-corrected chi connectivity index (χ1v) is 10.1. The minimum atomic E-state index is -1.15. The number of aromatic carboxylic acids is 1. The smallest absolute Gasteiger partial charge is 0.336 e. The summed E-state index contributed by atoms with van der Waals surface area (Å²) in [5.41, 5.74) is 1.67. The van der Waals surface area contributed by atoms with Gasteiger partial charge in [0.05, 0.1) is 17.2 Å². The summed E-state index contributed by atoms with van der Waals surface area (Å²) in [6.45, 7) is 2.20. The number of carbonyl (C=O) groups is 1. The van der Waals surface area contributed by atoms with Crippen molar-refractivity contribution in [2.24, 2.45) is 5.92 Å². The summed E-state index contributed by atoms with van der Waals surface area (Å²) in [7, 11) is 0. The van der Waals surface area contributed by atoms with Crippen molar-refractivity contribution in [2.75, 3.05) is 0 Å². The predicted octanol–water partition coefficient (Wildman–Crippen LogP) is 6.53. The minimum Gasteiger partial charge on any atom is -0.478 e. The predicted molar refractivity (Wildman–Crippen MR) is 108 cm³/mol. The Morgan fingerprint density at radius 3 is 2.39 bits per heavy atom. The van der Waals surface area contributed by atoms with Crippen LogP contribution in [0.25, 0.3) is 11.1 Å². The molecular formula is C24H26FNO2. The van der Waals surface area contributed by atoms with Crippen molar-refractivity contribution in [1.29, 1.82) is 5.26 Å². The number of carboxylic acid groups (broad SMARTS) is 1. The second kappa shape index (κ2) is 9.01. The minimum absolute atomic E-state index is 0.0393. The lowest BCUT2D eigenvalue weighted by molar-refractivity contribution is 0.0697. The van der Waals surface area contributed by atoms with E-state index in [4.69, 9.17) is 5.26 Å². The van der Waals surface area contributed by atoms with Gasteiger partial charge < -0.3 is 5.11 Å². The molecule has 1 fully saturated rings. The maximum Gasteiger partial charge on any atom is 0.336 e. The zero-order valence-corrected chi connectivity index (χ0v) is 16.2. The van der Waals surface area contributed by atoms with Gasteiger partial charge in [0.1, 0.15) is 5.82 Å². The Hall–Kier alpha value is -2.67. The number of unbranched alkanes of at least 4 members (excludes halogenated alkanes) is 1. The normalized spacial score (nSPS) is 19.2. The summed E-state index contributed by atoms with van der Waals surface area (Å²) in [5, 5.41) is 18.5. The van der Waals surface area contributed by atoms with Gasteiger partial charge in [-0.1, -0.05) is 44.4 Å². The molecular weight excluding hydrogens is 353 g/mol. The summed E-state index contributed by atoms with van der Waals surface area (Å²) in [4.78, 5) is 11.7. The molecule has 0 spiro atoms. The van der Waals surface area contributed by atoms with Gasteiger partial charge in [0.25, 0.3) is 0 Å². The van der Waals surface area contributed by atoms with Crippen LogP contribution in [0.2, 0.25) is 0 Å². The Balaban J connectivity index is 1.92. The highest BCUT2D eigenvalue weighted by Crippen LogP contribution is 2.41. The van der Waals surface area contributed by atoms with Gasteiger partial charge in [-0.3, -0.25) is 0 Å². The number of hydrogen-bond acceptors (Lipinski definition) is 2. The van der Waals surface area contributed by atoms with Crippen LogP contribution in [0.5, 0.6) is 0 Å². The third-order valence-electron chi connectivity index (χ3n) is 5.96. The monoisotopic (exact) mass is 379 g/mol. The number of carboxylic acids is 1. The van der Waals surface area contributed by atoms with Crippen molar-refractivity contribution >= 4 is 5.97 Å². The number of halogens is 1. The molecule has 0 heterocycles. The molecule has 2 aromatic rings. The van der Waals surface area contributed by atoms with Crippen LogP contribution >= 0.6 is 0 Å². The van der Waals surface area contributed by atoms with E-state index in [0.29, 0.717) is 16.7 Å². The zero-order valence-electron chi connectivity index (χ0n) is 16.2. The molecule has 1 aliphatic rings. The molecule has 28 heavy (non-hydrogen) atoms. The van der Waals surface area contributed by atoms with Gasteiger partial charge in [-0.15, -0.1) is 0 Å².